The predicted molar refractivity (Wildman–Crippen MR) is 230 cm³/mol. The lowest BCUT2D eigenvalue weighted by atomic mass is 9.88. The summed E-state index contributed by atoms with van der Waals surface area (Å²) in [5.41, 5.74) is 0.463. The summed E-state index contributed by atoms with van der Waals surface area (Å²) < 4.78 is 11.8. The maximum Gasteiger partial charge on any atom is 0.306 e. The second-order valence-electron chi connectivity index (χ2n) is 18.3. The van der Waals surface area contributed by atoms with Gasteiger partial charge in [0, 0.05) is 19.4 Å². The van der Waals surface area contributed by atoms with E-state index in [0.717, 1.165) is 83.8 Å². The van der Waals surface area contributed by atoms with Crippen molar-refractivity contribution in [1.82, 2.24) is 4.90 Å². The number of hydrogen-bond acceptors (Lipinski definition) is 6. The van der Waals surface area contributed by atoms with E-state index in [9.17, 15) is 14.7 Å². The average Bonchev–Trinajstić information content (AvgIpc) is 3.93. The molecule has 320 valence electrons. The molecule has 1 aliphatic carbocycles. The third-order valence-corrected chi connectivity index (χ3v) is 12.2. The second kappa shape index (κ2) is 33.9. The van der Waals surface area contributed by atoms with E-state index in [1.54, 1.807) is 0 Å². The molecule has 6 nitrogen and oxygen atoms in total. The fraction of sp³-hybridized carbons (Fsp3) is 0.958. The molecule has 1 N–H and O–H groups in total. The molecule has 0 aromatic rings. The smallest absolute Gasteiger partial charge is 0.306 e. The van der Waals surface area contributed by atoms with Crippen molar-refractivity contribution >= 4 is 11.9 Å². The van der Waals surface area contributed by atoms with E-state index in [0.29, 0.717) is 24.9 Å². The van der Waals surface area contributed by atoms with Crippen LogP contribution < -0.4 is 0 Å². The standard InChI is InChI=1S/C48H93NO5/c1-6-9-12-15-18-21-25-32-45(51)53-43-47(4,5)34-27-22-29-39-49(41-42-50)40-38-48(36-37-48)35-28-26-33-46(52)54-44(30-23-19-16-13-10-7-2)31-24-20-17-14-11-8-3/h44,50H,6-43H2,1-5H3. The molecule has 0 saturated heterocycles. The van der Waals surface area contributed by atoms with Crippen LogP contribution in [-0.2, 0) is 19.1 Å². The molecule has 1 rings (SSSR count). The molecule has 54 heavy (non-hydrogen) atoms. The Hall–Kier alpha value is -1.14. The van der Waals surface area contributed by atoms with Crippen LogP contribution in [-0.4, -0.2) is 60.9 Å². The highest BCUT2D eigenvalue weighted by Gasteiger charge is 2.41. The van der Waals surface area contributed by atoms with Gasteiger partial charge in [0.25, 0.3) is 0 Å². The van der Waals surface area contributed by atoms with Crippen molar-refractivity contribution in [1.29, 1.82) is 0 Å². The second-order valence-corrected chi connectivity index (χ2v) is 18.3. The molecule has 0 bridgehead atoms. The van der Waals surface area contributed by atoms with Crippen molar-refractivity contribution in [2.75, 3.05) is 32.8 Å². The summed E-state index contributed by atoms with van der Waals surface area (Å²) in [5.74, 6) is -0.00679. The summed E-state index contributed by atoms with van der Waals surface area (Å²) in [6, 6.07) is 0. The van der Waals surface area contributed by atoms with E-state index in [1.165, 1.54) is 135 Å². The van der Waals surface area contributed by atoms with Gasteiger partial charge in [-0.1, -0.05) is 157 Å². The highest BCUT2D eigenvalue weighted by atomic mass is 16.5. The lowest BCUT2D eigenvalue weighted by Gasteiger charge is -2.26. The lowest BCUT2D eigenvalue weighted by Crippen LogP contribution is -2.30. The number of aliphatic hydroxyl groups is 1. The topological polar surface area (TPSA) is 76.1 Å². The van der Waals surface area contributed by atoms with Gasteiger partial charge in [-0.25, -0.2) is 0 Å². The number of carbonyl (C=O) groups excluding carboxylic acids is 2. The Morgan fingerprint density at radius 1 is 0.593 bits per heavy atom. The molecule has 0 spiro atoms. The summed E-state index contributed by atoms with van der Waals surface area (Å²) in [7, 11) is 0. The average molecular weight is 764 g/mol. The Morgan fingerprint density at radius 2 is 1.09 bits per heavy atom. The van der Waals surface area contributed by atoms with Gasteiger partial charge in [0.05, 0.1) is 13.2 Å². The Labute approximate surface area is 336 Å². The maximum absolute atomic E-state index is 12.9. The third kappa shape index (κ3) is 30.1. The van der Waals surface area contributed by atoms with Gasteiger partial charge in [-0.05, 0) is 101 Å². The van der Waals surface area contributed by atoms with E-state index in [4.69, 9.17) is 9.47 Å². The molecule has 0 aliphatic heterocycles. The molecule has 0 radical (unpaired) electrons. The Bertz CT molecular complexity index is 855. The zero-order valence-electron chi connectivity index (χ0n) is 37.0. The summed E-state index contributed by atoms with van der Waals surface area (Å²) >= 11 is 0. The first kappa shape index (κ1) is 50.9. The Kier molecular flexibility index (Phi) is 32.0. The molecule has 0 unspecified atom stereocenters. The normalized spacial score (nSPS) is 13.9. The Morgan fingerprint density at radius 3 is 1.65 bits per heavy atom. The summed E-state index contributed by atoms with van der Waals surface area (Å²) in [4.78, 5) is 27.6. The van der Waals surface area contributed by atoms with Crippen LogP contribution in [0.5, 0.6) is 0 Å². The summed E-state index contributed by atoms with van der Waals surface area (Å²) in [6.45, 7) is 14.8. The first-order valence-corrected chi connectivity index (χ1v) is 23.9. The minimum absolute atomic E-state index is 0.0124. The van der Waals surface area contributed by atoms with E-state index in [2.05, 4.69) is 39.5 Å². The SMILES string of the molecule is CCCCCCCCCC(=O)OCC(C)(C)CCCCCN(CCO)CCC1(CCCCC(=O)OC(CCCCCCCC)CCCCCCCC)CC1. The summed E-state index contributed by atoms with van der Waals surface area (Å²) in [5, 5.41) is 9.75. The fourth-order valence-corrected chi connectivity index (χ4v) is 8.02. The van der Waals surface area contributed by atoms with Crippen LogP contribution >= 0.6 is 0 Å². The van der Waals surface area contributed by atoms with Crippen LogP contribution in [0.4, 0.5) is 0 Å². The van der Waals surface area contributed by atoms with E-state index >= 15 is 0 Å². The van der Waals surface area contributed by atoms with Crippen molar-refractivity contribution in [2.45, 2.75) is 253 Å². The van der Waals surface area contributed by atoms with Gasteiger partial charge in [0.1, 0.15) is 6.10 Å². The zero-order valence-corrected chi connectivity index (χ0v) is 37.0. The molecule has 1 saturated carbocycles. The number of hydrogen-bond donors (Lipinski definition) is 1. The van der Waals surface area contributed by atoms with Crippen molar-refractivity contribution in [3.05, 3.63) is 0 Å². The Balaban J connectivity index is 2.27. The van der Waals surface area contributed by atoms with Crippen molar-refractivity contribution in [3.8, 4) is 0 Å². The number of unbranched alkanes of at least 4 members (excludes halogenated alkanes) is 19. The monoisotopic (exact) mass is 764 g/mol. The molecule has 0 aromatic heterocycles. The van der Waals surface area contributed by atoms with Crippen molar-refractivity contribution < 1.29 is 24.2 Å². The predicted octanol–water partition coefficient (Wildman–Crippen LogP) is 13.7. The zero-order chi connectivity index (χ0) is 39.6. The molecule has 1 fully saturated rings. The number of carbonyl (C=O) groups is 2. The third-order valence-electron chi connectivity index (χ3n) is 12.2. The van der Waals surface area contributed by atoms with E-state index < -0.39 is 0 Å². The molecule has 0 aromatic carbocycles. The van der Waals surface area contributed by atoms with Crippen LogP contribution in [0.3, 0.4) is 0 Å². The minimum atomic E-state index is -0.0338. The van der Waals surface area contributed by atoms with E-state index in [1.807, 2.05) is 0 Å². The number of nitrogens with zero attached hydrogens (tertiary/aromatic N) is 1. The summed E-state index contributed by atoms with van der Waals surface area (Å²) in [6.07, 6.45) is 38.8. The van der Waals surface area contributed by atoms with Gasteiger partial charge in [0.15, 0.2) is 0 Å². The highest BCUT2D eigenvalue weighted by molar-refractivity contribution is 5.69. The van der Waals surface area contributed by atoms with Crippen molar-refractivity contribution in [3.63, 3.8) is 0 Å². The highest BCUT2D eigenvalue weighted by Crippen LogP contribution is 2.53. The van der Waals surface area contributed by atoms with E-state index in [-0.39, 0.29) is 30.1 Å². The number of rotatable bonds is 41. The quantitative estimate of drug-likeness (QED) is 0.0494. The van der Waals surface area contributed by atoms with Gasteiger partial charge in [-0.2, -0.15) is 0 Å². The van der Waals surface area contributed by atoms with Gasteiger partial charge in [-0.15, -0.1) is 0 Å². The number of esters is 2. The largest absolute Gasteiger partial charge is 0.465 e. The molecule has 0 amide bonds. The van der Waals surface area contributed by atoms with Gasteiger partial charge >= 0.3 is 11.9 Å². The van der Waals surface area contributed by atoms with Gasteiger partial charge < -0.3 is 19.5 Å². The molecule has 0 heterocycles. The number of ether oxygens (including phenoxy) is 2. The molecular formula is C48H93NO5. The molecule has 0 atom stereocenters. The van der Waals surface area contributed by atoms with Crippen LogP contribution in [0, 0.1) is 10.8 Å². The maximum atomic E-state index is 12.9. The van der Waals surface area contributed by atoms with Crippen LogP contribution in [0.1, 0.15) is 247 Å². The van der Waals surface area contributed by atoms with Crippen LogP contribution in [0.25, 0.3) is 0 Å². The number of aliphatic hydroxyl groups excluding tert-OH is 1. The van der Waals surface area contributed by atoms with Crippen molar-refractivity contribution in [2.24, 2.45) is 10.8 Å². The molecule has 6 heteroatoms. The molecular weight excluding hydrogens is 671 g/mol. The molecule has 1 aliphatic rings. The van der Waals surface area contributed by atoms with Crippen LogP contribution in [0.15, 0.2) is 0 Å². The van der Waals surface area contributed by atoms with Gasteiger partial charge in [0.2, 0.25) is 0 Å². The first-order chi connectivity index (χ1) is 26.2. The first-order valence-electron chi connectivity index (χ1n) is 23.9. The minimum Gasteiger partial charge on any atom is -0.465 e. The van der Waals surface area contributed by atoms with Crippen LogP contribution in [0.2, 0.25) is 0 Å². The lowest BCUT2D eigenvalue weighted by molar-refractivity contribution is -0.150. The fourth-order valence-electron chi connectivity index (χ4n) is 8.02. The van der Waals surface area contributed by atoms with Gasteiger partial charge in [-0.3, -0.25) is 9.59 Å².